The summed E-state index contributed by atoms with van der Waals surface area (Å²) in [5, 5.41) is 2.72. The van der Waals surface area contributed by atoms with Gasteiger partial charge in [-0.3, -0.25) is 0 Å². The van der Waals surface area contributed by atoms with E-state index >= 15 is 0 Å². The molecule has 0 heterocycles. The van der Waals surface area contributed by atoms with Crippen molar-refractivity contribution in [3.8, 4) is 5.75 Å². The number of rotatable bonds is 8. The maximum Gasteiger partial charge on any atom is 0.462 e. The van der Waals surface area contributed by atoms with Gasteiger partial charge in [0.05, 0.1) is 12.8 Å². The van der Waals surface area contributed by atoms with Crippen LogP contribution in [0.2, 0.25) is 0 Å². The molecule has 26 heavy (non-hydrogen) atoms. The van der Waals surface area contributed by atoms with Gasteiger partial charge in [0.25, 0.3) is 0 Å². The van der Waals surface area contributed by atoms with Gasteiger partial charge in [-0.25, -0.2) is 10.2 Å². The van der Waals surface area contributed by atoms with E-state index < -0.39 is 30.7 Å². The lowest BCUT2D eigenvalue weighted by molar-refractivity contribution is -0.361. The fraction of sp³-hybridized carbons (Fsp3) is 0.429. The molecule has 0 aromatic heterocycles. The Labute approximate surface area is 142 Å². The van der Waals surface area contributed by atoms with Crippen molar-refractivity contribution in [1.82, 2.24) is 5.43 Å². The van der Waals surface area contributed by atoms with Crippen molar-refractivity contribution in [2.24, 2.45) is 5.10 Å². The Balaban J connectivity index is 2.85. The lowest BCUT2D eigenvalue weighted by Gasteiger charge is -2.27. The third-order valence-electron chi connectivity index (χ3n) is 2.73. The molecule has 0 amide bonds. The first kappa shape index (κ1) is 21.5. The highest BCUT2D eigenvalue weighted by Gasteiger charge is 2.73. The number of ether oxygens (including phenoxy) is 2. The lowest BCUT2D eigenvalue weighted by atomic mass is 10.2. The summed E-state index contributed by atoms with van der Waals surface area (Å²) in [6, 6.07) is -0.310. The second kappa shape index (κ2) is 8.23. The van der Waals surface area contributed by atoms with Gasteiger partial charge in [0.2, 0.25) is 0 Å². The Morgan fingerprint density at radius 1 is 1.15 bits per heavy atom. The van der Waals surface area contributed by atoms with Crippen molar-refractivity contribution in [2.75, 3.05) is 13.2 Å². The van der Waals surface area contributed by atoms with Gasteiger partial charge in [-0.2, -0.15) is 35.8 Å². The highest BCUT2D eigenvalue weighted by Crippen LogP contribution is 2.44. The number of carbonyl (C=O) groups excluding carboxylic acids is 1. The van der Waals surface area contributed by atoms with Crippen LogP contribution in [-0.4, -0.2) is 43.5 Å². The molecule has 0 unspecified atom stereocenters. The minimum atomic E-state index is -6.47. The SMILES string of the molecule is CCOC(=O)COc1ccccc1/C=N\NC(F)(F)C(F)(F)C(F)(F)F. The van der Waals surface area contributed by atoms with Crippen LogP contribution in [0.5, 0.6) is 5.75 Å². The van der Waals surface area contributed by atoms with Crippen molar-refractivity contribution >= 4 is 12.2 Å². The fourth-order valence-electron chi connectivity index (χ4n) is 1.49. The van der Waals surface area contributed by atoms with Crippen molar-refractivity contribution in [3.63, 3.8) is 0 Å². The number of hydrazone groups is 1. The Morgan fingerprint density at radius 3 is 2.35 bits per heavy atom. The predicted molar refractivity (Wildman–Crippen MR) is 75.2 cm³/mol. The molecule has 12 heteroatoms. The number of benzene rings is 1. The molecule has 0 radical (unpaired) electrons. The molecule has 0 saturated heterocycles. The minimum absolute atomic E-state index is 0.0583. The van der Waals surface area contributed by atoms with E-state index in [9.17, 15) is 35.5 Å². The molecular formula is C14H13F7N2O3. The minimum Gasteiger partial charge on any atom is -0.481 e. The zero-order valence-corrected chi connectivity index (χ0v) is 13.1. The monoisotopic (exact) mass is 390 g/mol. The molecule has 0 atom stereocenters. The first-order chi connectivity index (χ1) is 11.9. The molecular weight excluding hydrogens is 377 g/mol. The summed E-state index contributed by atoms with van der Waals surface area (Å²) in [4.78, 5) is 11.2. The van der Waals surface area contributed by atoms with Crippen molar-refractivity contribution in [2.45, 2.75) is 25.1 Å². The van der Waals surface area contributed by atoms with Crippen LogP contribution in [0, 0.1) is 0 Å². The van der Waals surface area contributed by atoms with Crippen molar-refractivity contribution in [1.29, 1.82) is 0 Å². The number of para-hydroxylation sites is 1. The zero-order chi connectivity index (χ0) is 20.0. The number of alkyl halides is 7. The van der Waals surface area contributed by atoms with Gasteiger partial charge in [-0.15, -0.1) is 0 Å². The third-order valence-corrected chi connectivity index (χ3v) is 2.73. The van der Waals surface area contributed by atoms with Crippen molar-refractivity contribution in [3.05, 3.63) is 29.8 Å². The lowest BCUT2D eigenvalue weighted by Crippen LogP contribution is -2.58. The molecule has 0 saturated carbocycles. The third kappa shape index (κ3) is 5.23. The molecule has 0 aliphatic heterocycles. The Morgan fingerprint density at radius 2 is 1.77 bits per heavy atom. The zero-order valence-electron chi connectivity index (χ0n) is 13.1. The molecule has 0 bridgehead atoms. The Bertz CT molecular complexity index is 648. The number of halogens is 7. The quantitative estimate of drug-likeness (QED) is 0.243. The maximum atomic E-state index is 13.1. The number of hydrogen-bond donors (Lipinski definition) is 1. The highest BCUT2D eigenvalue weighted by molar-refractivity contribution is 5.83. The van der Waals surface area contributed by atoms with Gasteiger partial charge in [-0.05, 0) is 19.1 Å². The topological polar surface area (TPSA) is 59.9 Å². The van der Waals surface area contributed by atoms with Gasteiger partial charge in [-0.1, -0.05) is 12.1 Å². The van der Waals surface area contributed by atoms with Gasteiger partial charge < -0.3 is 9.47 Å². The second-order valence-electron chi connectivity index (χ2n) is 4.65. The molecule has 1 rings (SSSR count). The van der Waals surface area contributed by atoms with E-state index in [2.05, 4.69) is 9.84 Å². The number of carbonyl (C=O) groups is 1. The van der Waals surface area contributed by atoms with Crippen LogP contribution in [0.1, 0.15) is 12.5 Å². The summed E-state index contributed by atoms with van der Waals surface area (Å²) in [5.74, 6) is -7.12. The molecule has 0 aliphatic carbocycles. The summed E-state index contributed by atoms with van der Waals surface area (Å²) in [7, 11) is 0. The molecule has 1 aromatic carbocycles. The molecule has 5 nitrogen and oxygen atoms in total. The van der Waals surface area contributed by atoms with Crippen LogP contribution in [-0.2, 0) is 9.53 Å². The number of nitrogens with one attached hydrogen (secondary N) is 1. The normalized spacial score (nSPS) is 12.9. The van der Waals surface area contributed by atoms with Gasteiger partial charge in [0.15, 0.2) is 6.61 Å². The van der Waals surface area contributed by atoms with Crippen LogP contribution < -0.4 is 10.2 Å². The average molecular weight is 390 g/mol. The van der Waals surface area contributed by atoms with E-state index in [0.717, 1.165) is 0 Å². The average Bonchev–Trinajstić information content (AvgIpc) is 2.53. The van der Waals surface area contributed by atoms with Crippen molar-refractivity contribution < 1.29 is 45.0 Å². The largest absolute Gasteiger partial charge is 0.481 e. The fourth-order valence-corrected chi connectivity index (χ4v) is 1.49. The van der Waals surface area contributed by atoms with Gasteiger partial charge in [0.1, 0.15) is 5.75 Å². The summed E-state index contributed by atoms with van der Waals surface area (Å²) >= 11 is 0. The van der Waals surface area contributed by atoms with E-state index in [0.29, 0.717) is 11.6 Å². The summed E-state index contributed by atoms with van der Waals surface area (Å²) in [5.41, 5.74) is 0.426. The highest BCUT2D eigenvalue weighted by atomic mass is 19.4. The number of esters is 1. The van der Waals surface area contributed by atoms with Gasteiger partial charge >= 0.3 is 24.1 Å². The smallest absolute Gasteiger partial charge is 0.462 e. The number of nitrogens with zero attached hydrogens (tertiary/aromatic N) is 1. The van der Waals surface area contributed by atoms with Crippen LogP contribution in [0.3, 0.4) is 0 Å². The molecule has 0 spiro atoms. The van der Waals surface area contributed by atoms with E-state index in [1.54, 1.807) is 6.92 Å². The van der Waals surface area contributed by atoms with E-state index in [1.807, 2.05) is 0 Å². The molecule has 146 valence electrons. The first-order valence-electron chi connectivity index (χ1n) is 6.92. The Hall–Kier alpha value is -2.53. The second-order valence-corrected chi connectivity index (χ2v) is 4.65. The maximum absolute atomic E-state index is 13.1. The van der Waals surface area contributed by atoms with Crippen LogP contribution in [0.4, 0.5) is 30.7 Å². The van der Waals surface area contributed by atoms with Crippen LogP contribution in [0.15, 0.2) is 29.4 Å². The molecule has 1 N–H and O–H groups in total. The van der Waals surface area contributed by atoms with E-state index in [4.69, 9.17) is 4.74 Å². The Kier molecular flexibility index (Phi) is 6.81. The molecule has 0 fully saturated rings. The summed E-state index contributed by atoms with van der Waals surface area (Å²) < 4.78 is 97.2. The molecule has 0 aliphatic rings. The van der Waals surface area contributed by atoms with E-state index in [-0.39, 0.29) is 17.9 Å². The predicted octanol–water partition coefficient (Wildman–Crippen LogP) is 3.34. The van der Waals surface area contributed by atoms with Gasteiger partial charge in [0, 0.05) is 5.56 Å². The standard InChI is InChI=1S/C14H13F7N2O3/c1-2-25-11(24)8-26-10-6-4-3-5-9(10)7-22-23-14(20,21)12(15,16)13(17,18)19/h3-7,23H,2,8H2,1H3/b22-7-. The summed E-state index contributed by atoms with van der Waals surface area (Å²) in [6.07, 6.45) is -5.93. The number of hydrogen-bond acceptors (Lipinski definition) is 5. The first-order valence-corrected chi connectivity index (χ1v) is 6.92. The van der Waals surface area contributed by atoms with E-state index in [1.165, 1.54) is 24.3 Å². The molecule has 1 aromatic rings. The summed E-state index contributed by atoms with van der Waals surface area (Å²) in [6.45, 7) is 1.12. The van der Waals surface area contributed by atoms with Crippen LogP contribution >= 0.6 is 0 Å². The van der Waals surface area contributed by atoms with Crippen LogP contribution in [0.25, 0.3) is 0 Å².